The first-order valence-electron chi connectivity index (χ1n) is 5.84. The first-order valence-corrected chi connectivity index (χ1v) is 5.84. The van der Waals surface area contributed by atoms with Gasteiger partial charge in [0.2, 0.25) is 0 Å². The Labute approximate surface area is 90.3 Å². The molecule has 15 heavy (non-hydrogen) atoms. The topological polar surface area (TPSA) is 37.0 Å². The Bertz CT molecular complexity index is 344. The molecule has 1 fully saturated rings. The van der Waals surface area contributed by atoms with Crippen LogP contribution in [0.2, 0.25) is 0 Å². The Hall–Kier alpha value is -1.09. The molecule has 3 nitrogen and oxygen atoms in total. The molecule has 3 heteroatoms. The van der Waals surface area contributed by atoms with E-state index in [4.69, 9.17) is 0 Å². The van der Waals surface area contributed by atoms with Crippen molar-refractivity contribution in [1.29, 1.82) is 0 Å². The Morgan fingerprint density at radius 3 is 3.00 bits per heavy atom. The molecule has 0 aliphatic carbocycles. The smallest absolute Gasteiger partial charge is 0.129 e. The Morgan fingerprint density at radius 1 is 1.27 bits per heavy atom. The van der Waals surface area contributed by atoms with Crippen LogP contribution in [0.4, 0.5) is 5.82 Å². The van der Waals surface area contributed by atoms with Gasteiger partial charge in [0, 0.05) is 18.7 Å². The lowest BCUT2D eigenvalue weighted by Crippen LogP contribution is -2.31. The van der Waals surface area contributed by atoms with Crippen LogP contribution in [0.5, 0.6) is 0 Å². The van der Waals surface area contributed by atoms with Crippen molar-refractivity contribution in [2.24, 2.45) is 5.92 Å². The van der Waals surface area contributed by atoms with Crippen molar-refractivity contribution in [3.63, 3.8) is 0 Å². The fourth-order valence-corrected chi connectivity index (χ4v) is 2.85. The van der Waals surface area contributed by atoms with Crippen LogP contribution >= 0.6 is 0 Å². The molecule has 1 saturated heterocycles. The Kier molecular flexibility index (Phi) is 2.33. The van der Waals surface area contributed by atoms with Gasteiger partial charge >= 0.3 is 0 Å². The third kappa shape index (κ3) is 1.61. The third-order valence-corrected chi connectivity index (χ3v) is 3.68. The summed E-state index contributed by atoms with van der Waals surface area (Å²) in [4.78, 5) is 4.38. The highest BCUT2D eigenvalue weighted by atomic mass is 15.0. The summed E-state index contributed by atoms with van der Waals surface area (Å²) in [7, 11) is 0. The second-order valence-corrected chi connectivity index (χ2v) is 4.52. The van der Waals surface area contributed by atoms with E-state index in [-0.39, 0.29) is 0 Å². The molecule has 2 N–H and O–H groups in total. The number of nitrogens with zero attached hydrogens (tertiary/aromatic N) is 1. The van der Waals surface area contributed by atoms with Gasteiger partial charge in [-0.05, 0) is 43.5 Å². The van der Waals surface area contributed by atoms with E-state index >= 15 is 0 Å². The molecule has 3 rings (SSSR count). The van der Waals surface area contributed by atoms with E-state index < -0.39 is 0 Å². The minimum Gasteiger partial charge on any atom is -0.369 e. The second kappa shape index (κ2) is 3.81. The maximum Gasteiger partial charge on any atom is 0.129 e. The highest BCUT2D eigenvalue weighted by molar-refractivity contribution is 5.51. The first-order chi connectivity index (χ1) is 7.45. The quantitative estimate of drug-likeness (QED) is 0.728. The van der Waals surface area contributed by atoms with Gasteiger partial charge in [0.05, 0.1) is 0 Å². The van der Waals surface area contributed by atoms with E-state index in [1.165, 1.54) is 31.5 Å². The SMILES string of the molecule is c1cnc2c(c1)C(C1CCNCC1)CN2. The molecule has 0 amide bonds. The van der Waals surface area contributed by atoms with Gasteiger partial charge in [0.1, 0.15) is 5.82 Å². The molecule has 0 aromatic carbocycles. The lowest BCUT2D eigenvalue weighted by molar-refractivity contribution is 0.330. The maximum atomic E-state index is 4.38. The number of piperidine rings is 1. The van der Waals surface area contributed by atoms with E-state index in [1.54, 1.807) is 0 Å². The minimum atomic E-state index is 0.691. The van der Waals surface area contributed by atoms with Gasteiger partial charge in [-0.15, -0.1) is 0 Å². The molecule has 0 saturated carbocycles. The van der Waals surface area contributed by atoms with Crippen LogP contribution in [0.15, 0.2) is 18.3 Å². The van der Waals surface area contributed by atoms with Crippen LogP contribution in [-0.4, -0.2) is 24.6 Å². The molecule has 0 spiro atoms. The van der Waals surface area contributed by atoms with Crippen molar-refractivity contribution in [3.05, 3.63) is 23.9 Å². The van der Waals surface area contributed by atoms with E-state index in [9.17, 15) is 0 Å². The van der Waals surface area contributed by atoms with Gasteiger partial charge in [-0.2, -0.15) is 0 Å². The van der Waals surface area contributed by atoms with Crippen LogP contribution in [0.3, 0.4) is 0 Å². The van der Waals surface area contributed by atoms with E-state index in [0.29, 0.717) is 5.92 Å². The highest BCUT2D eigenvalue weighted by Crippen LogP contribution is 2.38. The number of hydrogen-bond acceptors (Lipinski definition) is 3. The van der Waals surface area contributed by atoms with Gasteiger partial charge in [-0.1, -0.05) is 6.07 Å². The zero-order valence-corrected chi connectivity index (χ0v) is 8.87. The minimum absolute atomic E-state index is 0.691. The van der Waals surface area contributed by atoms with Crippen molar-refractivity contribution < 1.29 is 0 Å². The Balaban J connectivity index is 1.83. The number of anilines is 1. The van der Waals surface area contributed by atoms with Gasteiger partial charge in [0.15, 0.2) is 0 Å². The summed E-state index contributed by atoms with van der Waals surface area (Å²) < 4.78 is 0. The first kappa shape index (κ1) is 9.16. The maximum absolute atomic E-state index is 4.38. The Morgan fingerprint density at radius 2 is 2.13 bits per heavy atom. The van der Waals surface area contributed by atoms with E-state index in [0.717, 1.165) is 18.3 Å². The molecule has 3 heterocycles. The number of aromatic nitrogens is 1. The second-order valence-electron chi connectivity index (χ2n) is 4.52. The number of hydrogen-bond donors (Lipinski definition) is 2. The lowest BCUT2D eigenvalue weighted by Gasteiger charge is -2.27. The summed E-state index contributed by atoms with van der Waals surface area (Å²) >= 11 is 0. The summed E-state index contributed by atoms with van der Waals surface area (Å²) in [6.45, 7) is 3.44. The van der Waals surface area contributed by atoms with Crippen LogP contribution in [-0.2, 0) is 0 Å². The fourth-order valence-electron chi connectivity index (χ4n) is 2.85. The molecule has 0 radical (unpaired) electrons. The van der Waals surface area contributed by atoms with Crippen LogP contribution < -0.4 is 10.6 Å². The van der Waals surface area contributed by atoms with Gasteiger partial charge in [-0.3, -0.25) is 0 Å². The number of pyridine rings is 1. The van der Waals surface area contributed by atoms with Gasteiger partial charge < -0.3 is 10.6 Å². The number of nitrogens with one attached hydrogen (secondary N) is 2. The van der Waals surface area contributed by atoms with Crippen molar-refractivity contribution in [1.82, 2.24) is 10.3 Å². The van der Waals surface area contributed by atoms with Gasteiger partial charge in [-0.25, -0.2) is 4.98 Å². The average molecular weight is 203 g/mol. The molecule has 80 valence electrons. The average Bonchev–Trinajstić information content (AvgIpc) is 2.74. The zero-order valence-electron chi connectivity index (χ0n) is 8.87. The standard InChI is InChI=1S/C12H17N3/c1-2-10-11(8-15-12(10)14-5-1)9-3-6-13-7-4-9/h1-2,5,9,11,13H,3-4,6-8H2,(H,14,15). The lowest BCUT2D eigenvalue weighted by atomic mass is 9.82. The van der Waals surface area contributed by atoms with Crippen molar-refractivity contribution in [2.45, 2.75) is 18.8 Å². The van der Waals surface area contributed by atoms with E-state index in [1.807, 2.05) is 6.20 Å². The molecule has 1 aromatic rings. The summed E-state index contributed by atoms with van der Waals surface area (Å²) in [5, 5.41) is 6.84. The van der Waals surface area contributed by atoms with Gasteiger partial charge in [0.25, 0.3) is 0 Å². The normalized spacial score (nSPS) is 26.0. The molecule has 1 unspecified atom stereocenters. The molecular weight excluding hydrogens is 186 g/mol. The highest BCUT2D eigenvalue weighted by Gasteiger charge is 2.30. The van der Waals surface area contributed by atoms with Crippen molar-refractivity contribution in [2.75, 3.05) is 25.0 Å². The van der Waals surface area contributed by atoms with Crippen LogP contribution in [0.1, 0.15) is 24.3 Å². The molecule has 2 aliphatic heterocycles. The molecule has 1 aromatic heterocycles. The monoisotopic (exact) mass is 203 g/mol. The summed E-state index contributed by atoms with van der Waals surface area (Å²) in [6, 6.07) is 4.29. The predicted octanol–water partition coefficient (Wildman–Crippen LogP) is 1.59. The summed E-state index contributed by atoms with van der Waals surface area (Å²) in [6.07, 6.45) is 4.48. The largest absolute Gasteiger partial charge is 0.369 e. The number of rotatable bonds is 1. The predicted molar refractivity (Wildman–Crippen MR) is 61.1 cm³/mol. The van der Waals surface area contributed by atoms with Crippen LogP contribution in [0.25, 0.3) is 0 Å². The van der Waals surface area contributed by atoms with E-state index in [2.05, 4.69) is 27.8 Å². The zero-order chi connectivity index (χ0) is 10.1. The molecule has 1 atom stereocenters. The fraction of sp³-hybridized carbons (Fsp3) is 0.583. The molecule has 2 aliphatic rings. The number of fused-ring (bicyclic) bond motifs is 1. The molecular formula is C12H17N3. The summed E-state index contributed by atoms with van der Waals surface area (Å²) in [5.41, 5.74) is 1.43. The van der Waals surface area contributed by atoms with Crippen LogP contribution in [0, 0.1) is 5.92 Å². The molecule has 0 bridgehead atoms. The van der Waals surface area contributed by atoms with Crippen molar-refractivity contribution >= 4 is 5.82 Å². The third-order valence-electron chi connectivity index (χ3n) is 3.68. The summed E-state index contributed by atoms with van der Waals surface area (Å²) in [5.74, 6) is 2.64. The van der Waals surface area contributed by atoms with Crippen molar-refractivity contribution in [3.8, 4) is 0 Å².